The third-order valence-electron chi connectivity index (χ3n) is 3.04. The number of Topliss-reactive ketones (excluding diaryl/α,β-unsaturated/α-hetero) is 1. The van der Waals surface area contributed by atoms with Crippen molar-refractivity contribution in [1.82, 2.24) is 0 Å². The Labute approximate surface area is 121 Å². The molecule has 0 saturated heterocycles. The highest BCUT2D eigenvalue weighted by Gasteiger charge is 2.07. The summed E-state index contributed by atoms with van der Waals surface area (Å²) < 4.78 is 6.60. The molecule has 2 nitrogen and oxygen atoms in total. The summed E-state index contributed by atoms with van der Waals surface area (Å²) in [5.74, 6) is 1.53. The zero-order chi connectivity index (χ0) is 14.0. The molecule has 2 aromatic carbocycles. The van der Waals surface area contributed by atoms with E-state index in [1.165, 1.54) is 11.1 Å². The predicted molar refractivity (Wildman–Crippen MR) is 80.1 cm³/mol. The predicted octanol–water partition coefficient (Wildman–Crippen LogP) is 5.06. The zero-order valence-corrected chi connectivity index (χ0v) is 12.7. The average Bonchev–Trinajstić information content (AvgIpc) is 2.36. The Balaban J connectivity index is 2.28. The van der Waals surface area contributed by atoms with Crippen LogP contribution >= 0.6 is 15.9 Å². The van der Waals surface area contributed by atoms with E-state index in [-0.39, 0.29) is 5.78 Å². The Morgan fingerprint density at radius 2 is 1.79 bits per heavy atom. The van der Waals surface area contributed by atoms with Crippen LogP contribution in [-0.2, 0) is 0 Å². The number of benzene rings is 2. The van der Waals surface area contributed by atoms with Gasteiger partial charge < -0.3 is 4.74 Å². The fourth-order valence-corrected chi connectivity index (χ4v) is 2.17. The molecule has 0 aliphatic carbocycles. The molecule has 2 rings (SSSR count). The summed E-state index contributed by atoms with van der Waals surface area (Å²) in [6, 6.07) is 11.3. The molecular formula is C16H15BrO2. The first-order valence-corrected chi connectivity index (χ1v) is 6.82. The van der Waals surface area contributed by atoms with Crippen molar-refractivity contribution in [2.45, 2.75) is 20.8 Å². The van der Waals surface area contributed by atoms with Gasteiger partial charge in [-0.3, -0.25) is 4.79 Å². The summed E-state index contributed by atoms with van der Waals surface area (Å²) in [4.78, 5) is 11.3. The van der Waals surface area contributed by atoms with Crippen LogP contribution in [0.1, 0.15) is 28.4 Å². The first-order chi connectivity index (χ1) is 8.97. The molecule has 0 amide bonds. The first-order valence-electron chi connectivity index (χ1n) is 6.03. The molecule has 0 aliphatic rings. The molecule has 0 fully saturated rings. The summed E-state index contributed by atoms with van der Waals surface area (Å²) in [7, 11) is 0. The molecule has 0 N–H and O–H groups in total. The second-order valence-corrected chi connectivity index (χ2v) is 5.40. The van der Waals surface area contributed by atoms with Crippen molar-refractivity contribution in [2.24, 2.45) is 0 Å². The Kier molecular flexibility index (Phi) is 4.05. The van der Waals surface area contributed by atoms with Gasteiger partial charge in [-0.05, 0) is 78.2 Å². The minimum Gasteiger partial charge on any atom is -0.456 e. The number of rotatable bonds is 3. The molecule has 0 saturated carbocycles. The maximum absolute atomic E-state index is 11.3. The second-order valence-electron chi connectivity index (χ2n) is 4.55. The van der Waals surface area contributed by atoms with Gasteiger partial charge in [0.15, 0.2) is 5.78 Å². The van der Waals surface area contributed by atoms with Gasteiger partial charge in [-0.25, -0.2) is 0 Å². The van der Waals surface area contributed by atoms with Crippen molar-refractivity contribution in [3.63, 3.8) is 0 Å². The molecule has 2 aromatic rings. The molecular weight excluding hydrogens is 304 g/mol. The zero-order valence-electron chi connectivity index (χ0n) is 11.2. The molecule has 3 heteroatoms. The highest BCUT2D eigenvalue weighted by atomic mass is 79.9. The van der Waals surface area contributed by atoms with Crippen molar-refractivity contribution in [3.8, 4) is 11.5 Å². The smallest absolute Gasteiger partial charge is 0.159 e. The van der Waals surface area contributed by atoms with Crippen LogP contribution in [0.2, 0.25) is 0 Å². The molecule has 0 heterocycles. The normalized spacial score (nSPS) is 10.3. The van der Waals surface area contributed by atoms with Gasteiger partial charge in [0, 0.05) is 5.56 Å². The molecule has 0 spiro atoms. The van der Waals surface area contributed by atoms with Gasteiger partial charge in [0.05, 0.1) is 4.47 Å². The summed E-state index contributed by atoms with van der Waals surface area (Å²) in [5.41, 5.74) is 3.09. The standard InChI is InChI=1S/C16H15BrO2/c1-10-4-6-14(8-11(10)2)19-16-7-5-13(12(3)18)9-15(16)17/h4-9H,1-3H3. The van der Waals surface area contributed by atoms with Crippen LogP contribution in [0.5, 0.6) is 11.5 Å². The number of carbonyl (C=O) groups is 1. The molecule has 0 aliphatic heterocycles. The first kappa shape index (κ1) is 13.8. The lowest BCUT2D eigenvalue weighted by Gasteiger charge is -2.10. The van der Waals surface area contributed by atoms with E-state index < -0.39 is 0 Å². The van der Waals surface area contributed by atoms with E-state index in [1.54, 1.807) is 25.1 Å². The number of ketones is 1. The van der Waals surface area contributed by atoms with Crippen molar-refractivity contribution >= 4 is 21.7 Å². The second kappa shape index (κ2) is 5.57. The Morgan fingerprint density at radius 3 is 2.37 bits per heavy atom. The fraction of sp³-hybridized carbons (Fsp3) is 0.188. The summed E-state index contributed by atoms with van der Waals surface area (Å²) >= 11 is 3.43. The average molecular weight is 319 g/mol. The lowest BCUT2D eigenvalue weighted by molar-refractivity contribution is 0.101. The summed E-state index contributed by atoms with van der Waals surface area (Å²) in [6.07, 6.45) is 0. The van der Waals surface area contributed by atoms with Crippen LogP contribution in [-0.4, -0.2) is 5.78 Å². The van der Waals surface area contributed by atoms with Crippen LogP contribution in [0.4, 0.5) is 0 Å². The Hall–Kier alpha value is -1.61. The van der Waals surface area contributed by atoms with Crippen LogP contribution in [0, 0.1) is 13.8 Å². The van der Waals surface area contributed by atoms with E-state index in [2.05, 4.69) is 29.8 Å². The third kappa shape index (κ3) is 3.24. The van der Waals surface area contributed by atoms with Crippen molar-refractivity contribution in [3.05, 3.63) is 57.6 Å². The van der Waals surface area contributed by atoms with Crippen LogP contribution < -0.4 is 4.74 Å². The number of hydrogen-bond acceptors (Lipinski definition) is 2. The van der Waals surface area contributed by atoms with E-state index in [0.29, 0.717) is 11.3 Å². The third-order valence-corrected chi connectivity index (χ3v) is 3.66. The topological polar surface area (TPSA) is 26.3 Å². The van der Waals surface area contributed by atoms with Gasteiger partial charge in [-0.2, -0.15) is 0 Å². The van der Waals surface area contributed by atoms with Gasteiger partial charge in [0.1, 0.15) is 11.5 Å². The van der Waals surface area contributed by atoms with E-state index in [1.807, 2.05) is 18.2 Å². The van der Waals surface area contributed by atoms with E-state index in [4.69, 9.17) is 4.74 Å². The monoisotopic (exact) mass is 318 g/mol. The quantitative estimate of drug-likeness (QED) is 0.739. The minimum absolute atomic E-state index is 0.0402. The van der Waals surface area contributed by atoms with Gasteiger partial charge >= 0.3 is 0 Å². The van der Waals surface area contributed by atoms with Crippen LogP contribution in [0.15, 0.2) is 40.9 Å². The number of carbonyl (C=O) groups excluding carboxylic acids is 1. The number of hydrogen-bond donors (Lipinski definition) is 0. The van der Waals surface area contributed by atoms with Gasteiger partial charge in [-0.1, -0.05) is 6.07 Å². The van der Waals surface area contributed by atoms with Crippen molar-refractivity contribution < 1.29 is 9.53 Å². The van der Waals surface area contributed by atoms with Crippen LogP contribution in [0.3, 0.4) is 0 Å². The number of halogens is 1. The SMILES string of the molecule is CC(=O)c1ccc(Oc2ccc(C)c(C)c2)c(Br)c1. The van der Waals surface area contributed by atoms with E-state index >= 15 is 0 Å². The van der Waals surface area contributed by atoms with Gasteiger partial charge in [0.2, 0.25) is 0 Å². The largest absolute Gasteiger partial charge is 0.456 e. The molecule has 98 valence electrons. The maximum Gasteiger partial charge on any atom is 0.159 e. The van der Waals surface area contributed by atoms with E-state index in [0.717, 1.165) is 10.2 Å². The number of aryl methyl sites for hydroxylation is 2. The molecule has 19 heavy (non-hydrogen) atoms. The maximum atomic E-state index is 11.3. The van der Waals surface area contributed by atoms with Crippen LogP contribution in [0.25, 0.3) is 0 Å². The minimum atomic E-state index is 0.0402. The van der Waals surface area contributed by atoms with Crippen molar-refractivity contribution in [2.75, 3.05) is 0 Å². The highest BCUT2D eigenvalue weighted by Crippen LogP contribution is 2.31. The lowest BCUT2D eigenvalue weighted by atomic mass is 10.1. The van der Waals surface area contributed by atoms with E-state index in [9.17, 15) is 4.79 Å². The summed E-state index contributed by atoms with van der Waals surface area (Å²) in [5, 5.41) is 0. The molecule has 0 radical (unpaired) electrons. The Bertz CT molecular complexity index is 633. The van der Waals surface area contributed by atoms with Gasteiger partial charge in [0.25, 0.3) is 0 Å². The van der Waals surface area contributed by atoms with Crippen molar-refractivity contribution in [1.29, 1.82) is 0 Å². The molecule has 0 aromatic heterocycles. The fourth-order valence-electron chi connectivity index (χ4n) is 1.71. The lowest BCUT2D eigenvalue weighted by Crippen LogP contribution is -1.93. The molecule has 0 bridgehead atoms. The highest BCUT2D eigenvalue weighted by molar-refractivity contribution is 9.10. The molecule has 0 atom stereocenters. The number of ether oxygens (including phenoxy) is 1. The Morgan fingerprint density at radius 1 is 1.05 bits per heavy atom. The molecule has 0 unspecified atom stereocenters. The van der Waals surface area contributed by atoms with Gasteiger partial charge in [-0.15, -0.1) is 0 Å². The summed E-state index contributed by atoms with van der Waals surface area (Å²) in [6.45, 7) is 5.67.